The molecule has 1 aromatic heterocycles. The lowest BCUT2D eigenvalue weighted by molar-refractivity contribution is 0.0968. The average Bonchev–Trinajstić information content (AvgIpc) is 2.80. The molecule has 19 heavy (non-hydrogen) atoms. The van der Waals surface area contributed by atoms with E-state index >= 15 is 0 Å². The molecule has 0 aliphatic heterocycles. The summed E-state index contributed by atoms with van der Waals surface area (Å²) in [6.07, 6.45) is 1.31. The molecular formula is C14H14N2O2S. The van der Waals surface area contributed by atoms with E-state index in [0.29, 0.717) is 11.6 Å². The molecule has 2 N–H and O–H groups in total. The highest BCUT2D eigenvalue weighted by atomic mass is 32.1. The van der Waals surface area contributed by atoms with Gasteiger partial charge in [0.25, 0.3) is 0 Å². The molecule has 0 radical (unpaired) electrons. The summed E-state index contributed by atoms with van der Waals surface area (Å²) in [4.78, 5) is 17.1. The molecule has 5 heteroatoms. The van der Waals surface area contributed by atoms with Crippen LogP contribution >= 0.6 is 11.3 Å². The molecular weight excluding hydrogens is 260 g/mol. The third-order valence-corrected chi connectivity index (χ3v) is 4.39. The number of nitrogens with zero attached hydrogens (tertiary/aromatic N) is 1. The fraction of sp³-hybridized carbons (Fsp3) is 0.286. The highest BCUT2D eigenvalue weighted by molar-refractivity contribution is 7.17. The Morgan fingerprint density at radius 2 is 2.05 bits per heavy atom. The number of thiazole rings is 1. The highest BCUT2D eigenvalue weighted by Crippen LogP contribution is 2.36. The van der Waals surface area contributed by atoms with Crippen molar-refractivity contribution in [2.24, 2.45) is 0 Å². The Labute approximate surface area is 115 Å². The van der Waals surface area contributed by atoms with Crippen molar-refractivity contribution in [1.29, 1.82) is 0 Å². The van der Waals surface area contributed by atoms with Crippen LogP contribution < -0.4 is 10.5 Å². The number of benzene rings is 1. The van der Waals surface area contributed by atoms with Gasteiger partial charge in [-0.1, -0.05) is 23.5 Å². The monoisotopic (exact) mass is 274 g/mol. The first-order chi connectivity index (χ1) is 9.17. The maximum Gasteiger partial charge on any atom is 0.180 e. The minimum atomic E-state index is 0.149. The number of methoxy groups -OCH3 is 1. The van der Waals surface area contributed by atoms with Gasteiger partial charge in [0.2, 0.25) is 0 Å². The highest BCUT2D eigenvalue weighted by Gasteiger charge is 2.29. The predicted octanol–water partition coefficient (Wildman–Crippen LogP) is 2.65. The van der Waals surface area contributed by atoms with Crippen molar-refractivity contribution in [3.8, 4) is 5.75 Å². The summed E-state index contributed by atoms with van der Waals surface area (Å²) in [6, 6.07) is 7.87. The molecule has 1 aliphatic carbocycles. The number of fused-ring (bicyclic) bond motifs is 1. The van der Waals surface area contributed by atoms with Crippen LogP contribution in [-0.4, -0.2) is 17.9 Å². The zero-order valence-corrected chi connectivity index (χ0v) is 11.4. The van der Waals surface area contributed by atoms with Crippen LogP contribution in [0.1, 0.15) is 33.3 Å². The first kappa shape index (κ1) is 12.2. The number of hydrogen-bond acceptors (Lipinski definition) is 5. The van der Waals surface area contributed by atoms with Crippen molar-refractivity contribution < 1.29 is 9.53 Å². The molecule has 1 atom stereocenters. The molecule has 0 saturated heterocycles. The number of carbonyl (C=O) groups excluding carboxylic acids is 1. The molecule has 1 aromatic carbocycles. The van der Waals surface area contributed by atoms with Crippen molar-refractivity contribution in [2.75, 3.05) is 12.8 Å². The topological polar surface area (TPSA) is 65.2 Å². The van der Waals surface area contributed by atoms with Gasteiger partial charge in [0.05, 0.1) is 17.7 Å². The smallest absolute Gasteiger partial charge is 0.180 e. The third kappa shape index (κ3) is 2.21. The van der Waals surface area contributed by atoms with Gasteiger partial charge in [-0.15, -0.1) is 0 Å². The maximum absolute atomic E-state index is 12.1. The molecule has 3 rings (SSSR count). The summed E-state index contributed by atoms with van der Waals surface area (Å²) in [7, 11) is 1.64. The second-order valence-corrected chi connectivity index (χ2v) is 5.66. The molecule has 0 spiro atoms. The Hall–Kier alpha value is -1.88. The quantitative estimate of drug-likeness (QED) is 0.914. The van der Waals surface area contributed by atoms with Crippen LogP contribution in [0.15, 0.2) is 24.3 Å². The molecule has 0 saturated carbocycles. The summed E-state index contributed by atoms with van der Waals surface area (Å²) in [5, 5.41) is 0.480. The van der Waals surface area contributed by atoms with E-state index < -0.39 is 0 Å². The molecule has 98 valence electrons. The van der Waals surface area contributed by atoms with E-state index in [1.807, 2.05) is 24.3 Å². The third-order valence-electron chi connectivity index (χ3n) is 3.43. The van der Waals surface area contributed by atoms with Crippen LogP contribution in [0, 0.1) is 0 Å². The largest absolute Gasteiger partial charge is 0.497 e. The summed E-state index contributed by atoms with van der Waals surface area (Å²) in [5.41, 5.74) is 7.67. The van der Waals surface area contributed by atoms with Crippen LogP contribution in [0.2, 0.25) is 0 Å². The zero-order valence-electron chi connectivity index (χ0n) is 10.6. The molecule has 2 aromatic rings. The van der Waals surface area contributed by atoms with Crippen LogP contribution in [0.3, 0.4) is 0 Å². The van der Waals surface area contributed by atoms with E-state index in [-0.39, 0.29) is 11.7 Å². The Balaban J connectivity index is 1.89. The number of rotatable bonds is 2. The second-order valence-electron chi connectivity index (χ2n) is 4.63. The van der Waals surface area contributed by atoms with Crippen molar-refractivity contribution >= 4 is 22.3 Å². The van der Waals surface area contributed by atoms with Crippen LogP contribution in [0.4, 0.5) is 5.13 Å². The van der Waals surface area contributed by atoms with Crippen molar-refractivity contribution in [3.63, 3.8) is 0 Å². The lowest BCUT2D eigenvalue weighted by Crippen LogP contribution is -2.17. The van der Waals surface area contributed by atoms with Gasteiger partial charge in [0.15, 0.2) is 10.9 Å². The summed E-state index contributed by atoms with van der Waals surface area (Å²) in [6.45, 7) is 0. The maximum atomic E-state index is 12.1. The number of nitrogens with two attached hydrogens (primary N) is 1. The number of carbonyl (C=O) groups is 1. The van der Waals surface area contributed by atoms with Crippen LogP contribution in [0.5, 0.6) is 5.75 Å². The van der Waals surface area contributed by atoms with Crippen LogP contribution in [0.25, 0.3) is 0 Å². The van der Waals surface area contributed by atoms with E-state index in [0.717, 1.165) is 28.3 Å². The summed E-state index contributed by atoms with van der Waals surface area (Å²) in [5.74, 6) is 1.16. The van der Waals surface area contributed by atoms with Gasteiger partial charge in [-0.2, -0.15) is 0 Å². The van der Waals surface area contributed by atoms with Gasteiger partial charge in [0.1, 0.15) is 5.75 Å². The predicted molar refractivity (Wildman–Crippen MR) is 74.9 cm³/mol. The van der Waals surface area contributed by atoms with Gasteiger partial charge < -0.3 is 10.5 Å². The van der Waals surface area contributed by atoms with Gasteiger partial charge in [-0.25, -0.2) is 4.98 Å². The Morgan fingerprint density at radius 1 is 1.32 bits per heavy atom. The number of ether oxygens (including phenoxy) is 1. The van der Waals surface area contributed by atoms with E-state index in [1.165, 1.54) is 11.3 Å². The number of ketones is 1. The average molecular weight is 274 g/mol. The molecule has 0 bridgehead atoms. The van der Waals surface area contributed by atoms with Crippen molar-refractivity contribution in [2.45, 2.75) is 18.8 Å². The summed E-state index contributed by atoms with van der Waals surface area (Å²) >= 11 is 1.30. The normalized spacial score (nSPS) is 18.2. The van der Waals surface area contributed by atoms with E-state index in [1.54, 1.807) is 7.11 Å². The lowest BCUT2D eigenvalue weighted by atomic mass is 9.84. The second kappa shape index (κ2) is 4.66. The Bertz CT molecular complexity index is 619. The first-order valence-electron chi connectivity index (χ1n) is 6.09. The molecule has 4 nitrogen and oxygen atoms in total. The minimum Gasteiger partial charge on any atom is -0.497 e. The van der Waals surface area contributed by atoms with Crippen LogP contribution in [-0.2, 0) is 6.42 Å². The van der Waals surface area contributed by atoms with Gasteiger partial charge in [-0.05, 0) is 30.0 Å². The van der Waals surface area contributed by atoms with Crippen molar-refractivity contribution in [1.82, 2.24) is 4.98 Å². The van der Waals surface area contributed by atoms with E-state index in [2.05, 4.69) is 4.98 Å². The SMILES string of the molecule is COc1ccc([C@H]2CC(=O)c3sc(N)nc3C2)cc1. The molecule has 0 unspecified atom stereocenters. The fourth-order valence-electron chi connectivity index (χ4n) is 2.46. The zero-order chi connectivity index (χ0) is 13.4. The van der Waals surface area contributed by atoms with Crippen molar-refractivity contribution in [3.05, 3.63) is 40.4 Å². The minimum absolute atomic E-state index is 0.149. The number of anilines is 1. The van der Waals surface area contributed by atoms with Gasteiger partial charge >= 0.3 is 0 Å². The fourth-order valence-corrected chi connectivity index (χ4v) is 3.27. The molecule has 0 fully saturated rings. The van der Waals surface area contributed by atoms with Gasteiger partial charge in [-0.3, -0.25) is 4.79 Å². The molecule has 0 amide bonds. The van der Waals surface area contributed by atoms with E-state index in [4.69, 9.17) is 10.5 Å². The number of aromatic nitrogens is 1. The number of nitrogen functional groups attached to an aromatic ring is 1. The van der Waals surface area contributed by atoms with Gasteiger partial charge in [0, 0.05) is 6.42 Å². The Morgan fingerprint density at radius 3 is 2.74 bits per heavy atom. The molecule has 1 aliphatic rings. The first-order valence-corrected chi connectivity index (χ1v) is 6.91. The standard InChI is InChI=1S/C14H14N2O2S/c1-18-10-4-2-8(3-5-10)9-6-11-13(12(17)7-9)19-14(15)16-11/h2-5,9H,6-7H2,1H3,(H2,15,16)/t9-/m1/s1. The lowest BCUT2D eigenvalue weighted by Gasteiger charge is -2.20. The number of hydrogen-bond donors (Lipinski definition) is 1. The number of Topliss-reactive ketones (excluding diaryl/α,β-unsaturated/α-hetero) is 1. The molecule has 1 heterocycles. The summed E-state index contributed by atoms with van der Waals surface area (Å²) < 4.78 is 5.14. The van der Waals surface area contributed by atoms with E-state index in [9.17, 15) is 4.79 Å². The Kier molecular flexibility index (Phi) is 2.98.